The van der Waals surface area contributed by atoms with Crippen molar-refractivity contribution >= 4 is 23.2 Å². The number of amides is 1. The van der Waals surface area contributed by atoms with Crippen LogP contribution < -0.4 is 4.90 Å². The van der Waals surface area contributed by atoms with Gasteiger partial charge in [-0.25, -0.2) is 0 Å². The number of hydrogen-bond donors (Lipinski definition) is 0. The second kappa shape index (κ2) is 5.82. The van der Waals surface area contributed by atoms with Crippen molar-refractivity contribution in [1.29, 1.82) is 0 Å². The molecule has 0 aliphatic carbocycles. The first-order valence-electron chi connectivity index (χ1n) is 6.99. The van der Waals surface area contributed by atoms with Crippen molar-refractivity contribution < 1.29 is 9.21 Å². The highest BCUT2D eigenvalue weighted by molar-refractivity contribution is 6.30. The maximum absolute atomic E-state index is 12.4. The van der Waals surface area contributed by atoms with E-state index in [-0.39, 0.29) is 5.91 Å². The number of benzene rings is 1. The maximum atomic E-state index is 12.4. The van der Waals surface area contributed by atoms with Gasteiger partial charge < -0.3 is 14.2 Å². The summed E-state index contributed by atoms with van der Waals surface area (Å²) in [6, 6.07) is 9.56. The third kappa shape index (κ3) is 2.90. The van der Waals surface area contributed by atoms with Crippen molar-refractivity contribution in [2.75, 3.05) is 31.1 Å². The molecule has 0 N–H and O–H groups in total. The van der Waals surface area contributed by atoms with Gasteiger partial charge in [-0.05, 0) is 31.2 Å². The Hall–Kier alpha value is -1.94. The standard InChI is InChI=1S/C16H17ClN2O2/c1-12-15(5-10-21-12)16(20)19-8-6-18(7-9-19)14-4-2-3-13(17)11-14/h2-5,10-11H,6-9H2,1H3. The average molecular weight is 305 g/mol. The molecule has 1 aromatic heterocycles. The molecule has 1 fully saturated rings. The molecule has 2 heterocycles. The van der Waals surface area contributed by atoms with E-state index in [0.29, 0.717) is 24.4 Å². The Morgan fingerprint density at radius 3 is 2.57 bits per heavy atom. The van der Waals surface area contributed by atoms with E-state index in [4.69, 9.17) is 16.0 Å². The van der Waals surface area contributed by atoms with Gasteiger partial charge in [0.25, 0.3) is 5.91 Å². The minimum Gasteiger partial charge on any atom is -0.469 e. The van der Waals surface area contributed by atoms with Crippen LogP contribution in [0.25, 0.3) is 0 Å². The summed E-state index contributed by atoms with van der Waals surface area (Å²) in [5.74, 6) is 0.726. The minimum atomic E-state index is 0.0481. The molecule has 0 unspecified atom stereocenters. The Morgan fingerprint density at radius 2 is 1.95 bits per heavy atom. The summed E-state index contributed by atoms with van der Waals surface area (Å²) in [4.78, 5) is 16.5. The molecule has 2 aromatic rings. The van der Waals surface area contributed by atoms with Crippen LogP contribution in [0.5, 0.6) is 0 Å². The highest BCUT2D eigenvalue weighted by atomic mass is 35.5. The number of halogens is 1. The topological polar surface area (TPSA) is 36.7 Å². The van der Waals surface area contributed by atoms with Crippen LogP contribution in [0.1, 0.15) is 16.1 Å². The van der Waals surface area contributed by atoms with E-state index in [1.54, 1.807) is 12.3 Å². The van der Waals surface area contributed by atoms with Crippen LogP contribution in [0.15, 0.2) is 41.0 Å². The van der Waals surface area contributed by atoms with Crippen molar-refractivity contribution in [2.24, 2.45) is 0 Å². The molecule has 3 rings (SSSR count). The van der Waals surface area contributed by atoms with Crippen LogP contribution in [0, 0.1) is 6.92 Å². The zero-order valence-corrected chi connectivity index (χ0v) is 12.6. The van der Waals surface area contributed by atoms with E-state index in [1.165, 1.54) is 0 Å². The lowest BCUT2D eigenvalue weighted by Crippen LogP contribution is -2.48. The fraction of sp³-hybridized carbons (Fsp3) is 0.312. The second-order valence-electron chi connectivity index (χ2n) is 5.15. The molecular formula is C16H17ClN2O2. The lowest BCUT2D eigenvalue weighted by atomic mass is 10.2. The molecule has 4 nitrogen and oxygen atoms in total. The molecule has 0 spiro atoms. The number of rotatable bonds is 2. The molecule has 5 heteroatoms. The molecule has 1 saturated heterocycles. The largest absolute Gasteiger partial charge is 0.469 e. The van der Waals surface area contributed by atoms with Crippen LogP contribution in [-0.2, 0) is 0 Å². The van der Waals surface area contributed by atoms with E-state index in [9.17, 15) is 4.79 Å². The van der Waals surface area contributed by atoms with E-state index in [1.807, 2.05) is 36.1 Å². The molecule has 1 aliphatic rings. The van der Waals surface area contributed by atoms with Crippen molar-refractivity contribution in [3.8, 4) is 0 Å². The van der Waals surface area contributed by atoms with Crippen LogP contribution in [0.2, 0.25) is 5.02 Å². The number of piperazine rings is 1. The van der Waals surface area contributed by atoms with Gasteiger partial charge in [-0.15, -0.1) is 0 Å². The Morgan fingerprint density at radius 1 is 1.19 bits per heavy atom. The Kier molecular flexibility index (Phi) is 3.88. The fourth-order valence-corrected chi connectivity index (χ4v) is 2.80. The Balaban J connectivity index is 1.65. The predicted molar refractivity (Wildman–Crippen MR) is 83.0 cm³/mol. The van der Waals surface area contributed by atoms with Gasteiger partial charge in [0, 0.05) is 36.9 Å². The van der Waals surface area contributed by atoms with Crippen LogP contribution >= 0.6 is 11.6 Å². The third-order valence-electron chi connectivity index (χ3n) is 3.83. The summed E-state index contributed by atoms with van der Waals surface area (Å²) in [6.45, 7) is 4.84. The summed E-state index contributed by atoms with van der Waals surface area (Å²) in [5, 5.41) is 0.736. The van der Waals surface area contributed by atoms with E-state index in [0.717, 1.165) is 23.8 Å². The fourth-order valence-electron chi connectivity index (χ4n) is 2.62. The zero-order chi connectivity index (χ0) is 14.8. The Bertz CT molecular complexity index is 645. The van der Waals surface area contributed by atoms with Crippen LogP contribution in [0.3, 0.4) is 0 Å². The first kappa shape index (κ1) is 14.0. The quantitative estimate of drug-likeness (QED) is 0.855. The van der Waals surface area contributed by atoms with Crippen molar-refractivity contribution in [3.05, 3.63) is 52.9 Å². The lowest BCUT2D eigenvalue weighted by molar-refractivity contribution is 0.0745. The van der Waals surface area contributed by atoms with Crippen LogP contribution in [-0.4, -0.2) is 37.0 Å². The number of carbonyl (C=O) groups is 1. The molecule has 1 aromatic carbocycles. The summed E-state index contributed by atoms with van der Waals surface area (Å²) >= 11 is 6.03. The summed E-state index contributed by atoms with van der Waals surface area (Å²) in [7, 11) is 0. The van der Waals surface area contributed by atoms with Gasteiger partial charge in [0.15, 0.2) is 0 Å². The molecule has 0 radical (unpaired) electrons. The van der Waals surface area contributed by atoms with Gasteiger partial charge >= 0.3 is 0 Å². The number of hydrogen-bond acceptors (Lipinski definition) is 3. The summed E-state index contributed by atoms with van der Waals surface area (Å²) in [5.41, 5.74) is 1.76. The van der Waals surface area contributed by atoms with Gasteiger partial charge in [0.1, 0.15) is 5.76 Å². The molecule has 0 atom stereocenters. The SMILES string of the molecule is Cc1occc1C(=O)N1CCN(c2cccc(Cl)c2)CC1. The number of aryl methyl sites for hydroxylation is 1. The number of furan rings is 1. The van der Waals surface area contributed by atoms with Gasteiger partial charge in [0.2, 0.25) is 0 Å². The van der Waals surface area contributed by atoms with Gasteiger partial charge in [0.05, 0.1) is 11.8 Å². The zero-order valence-electron chi connectivity index (χ0n) is 11.9. The lowest BCUT2D eigenvalue weighted by Gasteiger charge is -2.36. The molecule has 0 bridgehead atoms. The average Bonchev–Trinajstić information content (AvgIpc) is 2.93. The molecule has 21 heavy (non-hydrogen) atoms. The number of nitrogens with zero attached hydrogens (tertiary/aromatic N) is 2. The highest BCUT2D eigenvalue weighted by Crippen LogP contribution is 2.21. The third-order valence-corrected chi connectivity index (χ3v) is 4.06. The van der Waals surface area contributed by atoms with E-state index in [2.05, 4.69) is 4.90 Å². The number of carbonyl (C=O) groups excluding carboxylic acids is 1. The highest BCUT2D eigenvalue weighted by Gasteiger charge is 2.24. The smallest absolute Gasteiger partial charge is 0.257 e. The molecule has 1 aliphatic heterocycles. The first-order valence-corrected chi connectivity index (χ1v) is 7.37. The predicted octanol–water partition coefficient (Wildman–Crippen LogP) is 3.20. The maximum Gasteiger partial charge on any atom is 0.257 e. The van der Waals surface area contributed by atoms with E-state index >= 15 is 0 Å². The first-order chi connectivity index (χ1) is 10.1. The van der Waals surface area contributed by atoms with E-state index < -0.39 is 0 Å². The van der Waals surface area contributed by atoms with Gasteiger partial charge in [-0.2, -0.15) is 0 Å². The van der Waals surface area contributed by atoms with Crippen molar-refractivity contribution in [1.82, 2.24) is 4.90 Å². The van der Waals surface area contributed by atoms with Crippen LogP contribution in [0.4, 0.5) is 5.69 Å². The second-order valence-corrected chi connectivity index (χ2v) is 5.59. The summed E-state index contributed by atoms with van der Waals surface area (Å²) in [6.07, 6.45) is 1.56. The summed E-state index contributed by atoms with van der Waals surface area (Å²) < 4.78 is 5.21. The molecule has 1 amide bonds. The molecular weight excluding hydrogens is 288 g/mol. The molecule has 0 saturated carbocycles. The minimum absolute atomic E-state index is 0.0481. The Labute approximate surface area is 128 Å². The molecule has 110 valence electrons. The van der Waals surface area contributed by atoms with Crippen molar-refractivity contribution in [3.63, 3.8) is 0 Å². The van der Waals surface area contributed by atoms with Gasteiger partial charge in [-0.3, -0.25) is 4.79 Å². The normalized spacial score (nSPS) is 15.3. The van der Waals surface area contributed by atoms with Crippen molar-refractivity contribution in [2.45, 2.75) is 6.92 Å². The monoisotopic (exact) mass is 304 g/mol. The number of anilines is 1. The van der Waals surface area contributed by atoms with Gasteiger partial charge in [-0.1, -0.05) is 17.7 Å².